The molecule has 0 amide bonds. The van der Waals surface area contributed by atoms with Crippen molar-refractivity contribution < 1.29 is 56.9 Å². The Labute approximate surface area is 151 Å². The van der Waals surface area contributed by atoms with Crippen LogP contribution in [0, 0.1) is 0 Å². The summed E-state index contributed by atoms with van der Waals surface area (Å²) in [6.45, 7) is 2.16. The van der Waals surface area contributed by atoms with Crippen LogP contribution in [0.1, 0.15) is 11.6 Å². The van der Waals surface area contributed by atoms with Crippen LogP contribution in [0.5, 0.6) is 0 Å². The number of quaternary nitrogens is 2. The van der Waals surface area contributed by atoms with E-state index in [1.807, 2.05) is 6.20 Å². The van der Waals surface area contributed by atoms with Gasteiger partial charge in [-0.1, -0.05) is 0 Å². The standard InChI is InChI=1S/C13H26N4.2HI/c1-16(2,3)10-12(11-17(4,5)6)13-9-14-7-8-15-13;;/h7-9,12H,10-11H2,1-6H3;2*1H/q+2;;/p-2. The third-order valence-corrected chi connectivity index (χ3v) is 2.54. The molecule has 0 saturated carbocycles. The molecule has 0 N–H and O–H groups in total. The molecule has 0 aliphatic heterocycles. The van der Waals surface area contributed by atoms with Gasteiger partial charge in [0.1, 0.15) is 5.92 Å². The average Bonchev–Trinajstić information content (AvgIpc) is 2.14. The Balaban J connectivity index is 0. The molecule has 0 fully saturated rings. The molecular formula is C13H26I2N4. The second-order valence-electron chi connectivity index (χ2n) is 6.77. The molecule has 0 atom stereocenters. The second-order valence-corrected chi connectivity index (χ2v) is 6.77. The molecule has 6 heteroatoms. The fraction of sp³-hybridized carbons (Fsp3) is 0.692. The van der Waals surface area contributed by atoms with Gasteiger partial charge in [-0.15, -0.1) is 0 Å². The van der Waals surface area contributed by atoms with Crippen molar-refractivity contribution in [3.05, 3.63) is 24.3 Å². The van der Waals surface area contributed by atoms with Crippen LogP contribution in [0.4, 0.5) is 0 Å². The summed E-state index contributed by atoms with van der Waals surface area (Å²) in [6, 6.07) is 0. The van der Waals surface area contributed by atoms with Crippen LogP contribution in [0.3, 0.4) is 0 Å². The molecule has 0 radical (unpaired) electrons. The molecule has 1 heterocycles. The normalized spacial score (nSPS) is 11.7. The summed E-state index contributed by atoms with van der Waals surface area (Å²) in [6.07, 6.45) is 5.42. The quantitative estimate of drug-likeness (QED) is 0.304. The van der Waals surface area contributed by atoms with Crippen LogP contribution in [-0.4, -0.2) is 74.3 Å². The number of halogens is 2. The zero-order valence-electron chi connectivity index (χ0n) is 12.8. The predicted octanol–water partition coefficient (Wildman–Crippen LogP) is -5.02. The zero-order valence-corrected chi connectivity index (χ0v) is 17.1. The summed E-state index contributed by atoms with van der Waals surface area (Å²) >= 11 is 0. The molecule has 19 heavy (non-hydrogen) atoms. The molecule has 4 nitrogen and oxygen atoms in total. The Hall–Kier alpha value is 0.460. The van der Waals surface area contributed by atoms with Gasteiger partial charge < -0.3 is 56.9 Å². The van der Waals surface area contributed by atoms with E-state index in [1.54, 1.807) is 12.4 Å². The maximum absolute atomic E-state index is 4.46. The minimum absolute atomic E-state index is 0. The summed E-state index contributed by atoms with van der Waals surface area (Å²) in [5.74, 6) is 0.448. The first-order valence-electron chi connectivity index (χ1n) is 6.04. The first kappa shape index (κ1) is 21.8. The Morgan fingerprint density at radius 1 is 0.895 bits per heavy atom. The lowest BCUT2D eigenvalue weighted by molar-refractivity contribution is -0.892. The number of rotatable bonds is 5. The van der Waals surface area contributed by atoms with Gasteiger partial charge in [0.15, 0.2) is 0 Å². The highest BCUT2D eigenvalue weighted by Gasteiger charge is 2.26. The second kappa shape index (κ2) is 8.68. The van der Waals surface area contributed by atoms with Gasteiger partial charge >= 0.3 is 0 Å². The number of aromatic nitrogens is 2. The number of hydrogen-bond acceptors (Lipinski definition) is 2. The molecule has 0 spiro atoms. The minimum atomic E-state index is 0. The molecule has 1 aromatic rings. The first-order chi connectivity index (χ1) is 7.67. The van der Waals surface area contributed by atoms with Crippen molar-refractivity contribution in [1.29, 1.82) is 0 Å². The fourth-order valence-electron chi connectivity index (χ4n) is 2.09. The fourth-order valence-corrected chi connectivity index (χ4v) is 2.09. The van der Waals surface area contributed by atoms with Gasteiger partial charge in [0, 0.05) is 18.6 Å². The van der Waals surface area contributed by atoms with Crippen LogP contribution in [-0.2, 0) is 0 Å². The molecule has 0 bridgehead atoms. The molecule has 0 aliphatic rings. The van der Waals surface area contributed by atoms with Crippen LogP contribution < -0.4 is 48.0 Å². The summed E-state index contributed by atoms with van der Waals surface area (Å²) in [5, 5.41) is 0. The van der Waals surface area contributed by atoms with Crippen molar-refractivity contribution >= 4 is 0 Å². The van der Waals surface area contributed by atoms with Gasteiger partial charge in [0.25, 0.3) is 0 Å². The van der Waals surface area contributed by atoms with E-state index in [-0.39, 0.29) is 48.0 Å². The van der Waals surface area contributed by atoms with E-state index in [9.17, 15) is 0 Å². The van der Waals surface area contributed by atoms with Crippen LogP contribution >= 0.6 is 0 Å². The number of nitrogens with zero attached hydrogens (tertiary/aromatic N) is 4. The van der Waals surface area contributed by atoms with Crippen molar-refractivity contribution in [3.63, 3.8) is 0 Å². The van der Waals surface area contributed by atoms with Gasteiger partial charge in [0.05, 0.1) is 61.1 Å². The van der Waals surface area contributed by atoms with E-state index in [1.165, 1.54) is 0 Å². The third kappa shape index (κ3) is 9.91. The monoisotopic (exact) mass is 492 g/mol. The summed E-state index contributed by atoms with van der Waals surface area (Å²) < 4.78 is 1.89. The van der Waals surface area contributed by atoms with Crippen molar-refractivity contribution in [3.8, 4) is 0 Å². The minimum Gasteiger partial charge on any atom is -1.00 e. The molecule has 0 saturated heterocycles. The topological polar surface area (TPSA) is 25.8 Å². The van der Waals surface area contributed by atoms with E-state index >= 15 is 0 Å². The molecule has 112 valence electrons. The number of hydrogen-bond donors (Lipinski definition) is 0. The Morgan fingerprint density at radius 3 is 1.68 bits per heavy atom. The van der Waals surface area contributed by atoms with Gasteiger partial charge in [-0.2, -0.15) is 0 Å². The lowest BCUT2D eigenvalue weighted by atomic mass is 10.0. The maximum Gasteiger partial charge on any atom is 0.101 e. The van der Waals surface area contributed by atoms with E-state index < -0.39 is 0 Å². The molecule has 1 rings (SSSR count). The van der Waals surface area contributed by atoms with E-state index in [0.717, 1.165) is 27.7 Å². The van der Waals surface area contributed by atoms with Crippen LogP contribution in [0.25, 0.3) is 0 Å². The molecule has 0 unspecified atom stereocenters. The highest BCUT2D eigenvalue weighted by Crippen LogP contribution is 2.18. The summed E-state index contributed by atoms with van der Waals surface area (Å²) in [5.41, 5.74) is 1.11. The highest BCUT2D eigenvalue weighted by molar-refractivity contribution is 5.03. The average molecular weight is 492 g/mol. The SMILES string of the molecule is C[N+](C)(C)CC(C[N+](C)(C)C)c1cnccn1.[I-].[I-]. The van der Waals surface area contributed by atoms with Crippen molar-refractivity contribution in [2.24, 2.45) is 0 Å². The first-order valence-corrected chi connectivity index (χ1v) is 6.04. The summed E-state index contributed by atoms with van der Waals surface area (Å²) in [7, 11) is 13.3. The van der Waals surface area contributed by atoms with Gasteiger partial charge in [-0.3, -0.25) is 9.97 Å². The Kier molecular flexibility index (Phi) is 9.94. The molecular weight excluding hydrogens is 466 g/mol. The van der Waals surface area contributed by atoms with Crippen molar-refractivity contribution in [2.75, 3.05) is 55.4 Å². The van der Waals surface area contributed by atoms with Crippen LogP contribution in [0.2, 0.25) is 0 Å². The summed E-state index contributed by atoms with van der Waals surface area (Å²) in [4.78, 5) is 8.65. The van der Waals surface area contributed by atoms with Crippen molar-refractivity contribution in [2.45, 2.75) is 5.92 Å². The largest absolute Gasteiger partial charge is 1.00 e. The lowest BCUT2D eigenvalue weighted by Crippen LogP contribution is -3.00. The highest BCUT2D eigenvalue weighted by atomic mass is 127. The van der Waals surface area contributed by atoms with E-state index in [4.69, 9.17) is 0 Å². The maximum atomic E-state index is 4.46. The molecule has 0 aliphatic carbocycles. The molecule has 0 aromatic carbocycles. The van der Waals surface area contributed by atoms with E-state index in [0.29, 0.717) is 5.92 Å². The van der Waals surface area contributed by atoms with Gasteiger partial charge in [-0.25, -0.2) is 0 Å². The van der Waals surface area contributed by atoms with Crippen molar-refractivity contribution in [1.82, 2.24) is 9.97 Å². The Bertz CT molecular complexity index is 328. The predicted molar refractivity (Wildman–Crippen MR) is 70.6 cm³/mol. The Morgan fingerprint density at radius 2 is 1.37 bits per heavy atom. The smallest absolute Gasteiger partial charge is 0.101 e. The van der Waals surface area contributed by atoms with Crippen LogP contribution in [0.15, 0.2) is 18.6 Å². The van der Waals surface area contributed by atoms with Gasteiger partial charge in [-0.05, 0) is 0 Å². The lowest BCUT2D eigenvalue weighted by Gasteiger charge is -2.33. The van der Waals surface area contributed by atoms with Gasteiger partial charge in [0.2, 0.25) is 0 Å². The van der Waals surface area contributed by atoms with E-state index in [2.05, 4.69) is 52.3 Å². The zero-order chi connectivity index (χ0) is 13.1. The third-order valence-electron chi connectivity index (χ3n) is 2.54. The molecule has 1 aromatic heterocycles. The number of likely N-dealkylation sites (N-methyl/N-ethyl adjacent to an activating group) is 2.